The summed E-state index contributed by atoms with van der Waals surface area (Å²) in [6, 6.07) is 9.16. The number of rotatable bonds is 4. The molecule has 1 saturated carbocycles. The van der Waals surface area contributed by atoms with Gasteiger partial charge < -0.3 is 15.0 Å². The lowest BCUT2D eigenvalue weighted by Crippen LogP contribution is -2.41. The molecule has 0 radical (unpaired) electrons. The van der Waals surface area contributed by atoms with Gasteiger partial charge >= 0.3 is 0 Å². The number of ether oxygens (including phenoxy) is 1. The second-order valence-corrected chi connectivity index (χ2v) is 5.92. The number of guanidine groups is 1. The Labute approximate surface area is 150 Å². The molecule has 1 N–H and O–H groups in total. The van der Waals surface area contributed by atoms with Crippen molar-refractivity contribution in [1.82, 2.24) is 10.2 Å². The van der Waals surface area contributed by atoms with E-state index >= 15 is 0 Å². The number of likely N-dealkylation sites (tertiary alicyclic amines) is 1. The van der Waals surface area contributed by atoms with Gasteiger partial charge in [0.05, 0.1) is 7.11 Å². The van der Waals surface area contributed by atoms with E-state index in [1.165, 1.54) is 24.8 Å². The Kier molecular flexibility index (Phi) is 6.35. The summed E-state index contributed by atoms with van der Waals surface area (Å²) >= 11 is 0. The van der Waals surface area contributed by atoms with E-state index in [-0.39, 0.29) is 24.0 Å². The molecule has 1 aromatic carbocycles. The minimum absolute atomic E-state index is 0. The smallest absolute Gasteiger partial charge is 0.194 e. The van der Waals surface area contributed by atoms with Crippen LogP contribution in [0, 0.1) is 0 Å². The summed E-state index contributed by atoms with van der Waals surface area (Å²) in [4.78, 5) is 7.07. The molecule has 1 aromatic rings. The zero-order valence-corrected chi connectivity index (χ0v) is 15.7. The van der Waals surface area contributed by atoms with Gasteiger partial charge in [-0.3, -0.25) is 4.99 Å². The first-order valence-electron chi connectivity index (χ1n) is 8.00. The molecule has 1 aliphatic heterocycles. The summed E-state index contributed by atoms with van der Waals surface area (Å²) in [7, 11) is 1.71. The van der Waals surface area contributed by atoms with Gasteiger partial charge in [-0.05, 0) is 43.9 Å². The predicted octanol–water partition coefficient (Wildman–Crippen LogP) is 3.23. The molecule has 5 heteroatoms. The molecule has 0 amide bonds. The molecule has 0 spiro atoms. The van der Waals surface area contributed by atoms with E-state index in [1.807, 2.05) is 0 Å². The summed E-state index contributed by atoms with van der Waals surface area (Å²) in [5, 5.41) is 3.58. The largest absolute Gasteiger partial charge is 0.497 e. The van der Waals surface area contributed by atoms with E-state index in [0.717, 1.165) is 31.3 Å². The standard InChI is InChI=1S/C17H25N3O.HI/c1-3-18-17(19-15-6-7-15)20-11-10-14(12-20)13-4-8-16(21-2)9-5-13;/h4-5,8-9,14-15H,3,6-7,10-12H2,1-2H3,(H,18,19);1H. The van der Waals surface area contributed by atoms with Crippen molar-refractivity contribution >= 4 is 29.9 Å². The lowest BCUT2D eigenvalue weighted by Gasteiger charge is -2.22. The summed E-state index contributed by atoms with van der Waals surface area (Å²) in [5.41, 5.74) is 1.40. The maximum absolute atomic E-state index is 5.23. The summed E-state index contributed by atoms with van der Waals surface area (Å²) in [6.45, 7) is 5.10. The maximum Gasteiger partial charge on any atom is 0.194 e. The maximum atomic E-state index is 5.23. The second kappa shape index (κ2) is 8.04. The molecule has 0 aromatic heterocycles. The highest BCUT2D eigenvalue weighted by Crippen LogP contribution is 2.29. The van der Waals surface area contributed by atoms with Gasteiger partial charge in [0.25, 0.3) is 0 Å². The van der Waals surface area contributed by atoms with Crippen LogP contribution >= 0.6 is 24.0 Å². The number of benzene rings is 1. The number of methoxy groups -OCH3 is 1. The van der Waals surface area contributed by atoms with E-state index in [4.69, 9.17) is 4.74 Å². The Balaban J connectivity index is 0.00000176. The van der Waals surface area contributed by atoms with Gasteiger partial charge in [0, 0.05) is 31.6 Å². The van der Waals surface area contributed by atoms with Crippen molar-refractivity contribution in [2.24, 2.45) is 4.99 Å². The zero-order chi connectivity index (χ0) is 14.7. The van der Waals surface area contributed by atoms with E-state index in [0.29, 0.717) is 12.0 Å². The fraction of sp³-hybridized carbons (Fsp3) is 0.588. The van der Waals surface area contributed by atoms with Crippen LogP contribution in [0.3, 0.4) is 0 Å². The number of hydrogen-bond acceptors (Lipinski definition) is 2. The molecule has 1 saturated heterocycles. The number of halogens is 1. The number of hydrogen-bond donors (Lipinski definition) is 1. The molecule has 4 nitrogen and oxygen atoms in total. The first kappa shape index (κ1) is 17.4. The SMILES string of the molecule is CCN=C(NC1CC1)N1CCC(c2ccc(OC)cc2)C1.I. The topological polar surface area (TPSA) is 36.9 Å². The third-order valence-electron chi connectivity index (χ3n) is 4.29. The van der Waals surface area contributed by atoms with Crippen molar-refractivity contribution in [3.63, 3.8) is 0 Å². The van der Waals surface area contributed by atoms with Crippen LogP contribution in [0.15, 0.2) is 29.3 Å². The molecule has 3 rings (SSSR count). The van der Waals surface area contributed by atoms with Gasteiger partial charge in [0.15, 0.2) is 5.96 Å². The lowest BCUT2D eigenvalue weighted by molar-refractivity contribution is 0.414. The van der Waals surface area contributed by atoms with Crippen molar-refractivity contribution in [1.29, 1.82) is 0 Å². The lowest BCUT2D eigenvalue weighted by atomic mass is 9.98. The van der Waals surface area contributed by atoms with Crippen LogP contribution in [0.1, 0.15) is 37.7 Å². The van der Waals surface area contributed by atoms with Crippen LogP contribution in [-0.2, 0) is 0 Å². The van der Waals surface area contributed by atoms with Gasteiger partial charge in [-0.1, -0.05) is 12.1 Å². The van der Waals surface area contributed by atoms with Gasteiger partial charge in [0.1, 0.15) is 5.75 Å². The Morgan fingerprint density at radius 1 is 1.27 bits per heavy atom. The van der Waals surface area contributed by atoms with Crippen molar-refractivity contribution in [3.8, 4) is 5.75 Å². The molecular weight excluding hydrogens is 389 g/mol. The van der Waals surface area contributed by atoms with Gasteiger partial charge in [-0.15, -0.1) is 24.0 Å². The quantitative estimate of drug-likeness (QED) is 0.466. The fourth-order valence-corrected chi connectivity index (χ4v) is 2.90. The van der Waals surface area contributed by atoms with E-state index in [9.17, 15) is 0 Å². The van der Waals surface area contributed by atoms with Crippen molar-refractivity contribution in [2.45, 2.75) is 38.1 Å². The van der Waals surface area contributed by atoms with Gasteiger partial charge in [-0.25, -0.2) is 0 Å². The highest BCUT2D eigenvalue weighted by Gasteiger charge is 2.29. The Morgan fingerprint density at radius 3 is 2.59 bits per heavy atom. The molecule has 1 atom stereocenters. The minimum Gasteiger partial charge on any atom is -0.497 e. The normalized spacial score (nSPS) is 21.5. The number of aliphatic imine (C=N–C) groups is 1. The average Bonchev–Trinajstić information content (AvgIpc) is 3.20. The van der Waals surface area contributed by atoms with E-state index in [2.05, 4.69) is 46.4 Å². The summed E-state index contributed by atoms with van der Waals surface area (Å²) in [5.74, 6) is 2.63. The van der Waals surface area contributed by atoms with Gasteiger partial charge in [-0.2, -0.15) is 0 Å². The highest BCUT2D eigenvalue weighted by molar-refractivity contribution is 14.0. The molecule has 2 fully saturated rings. The molecule has 1 unspecified atom stereocenters. The molecule has 122 valence electrons. The Hall–Kier alpha value is -0.980. The summed E-state index contributed by atoms with van der Waals surface area (Å²) in [6.07, 6.45) is 3.78. The Bertz CT molecular complexity index is 499. The fourth-order valence-electron chi connectivity index (χ4n) is 2.90. The molecule has 22 heavy (non-hydrogen) atoms. The van der Waals surface area contributed by atoms with Crippen LogP contribution in [0.25, 0.3) is 0 Å². The molecular formula is C17H26IN3O. The third-order valence-corrected chi connectivity index (χ3v) is 4.29. The van der Waals surface area contributed by atoms with E-state index < -0.39 is 0 Å². The second-order valence-electron chi connectivity index (χ2n) is 5.92. The zero-order valence-electron chi connectivity index (χ0n) is 13.4. The number of nitrogens with one attached hydrogen (secondary N) is 1. The minimum atomic E-state index is 0. The molecule has 1 aliphatic carbocycles. The first-order chi connectivity index (χ1) is 10.3. The molecule has 0 bridgehead atoms. The average molecular weight is 415 g/mol. The van der Waals surface area contributed by atoms with Crippen LogP contribution in [0.4, 0.5) is 0 Å². The van der Waals surface area contributed by atoms with Crippen LogP contribution in [0.5, 0.6) is 5.75 Å². The number of nitrogens with zero attached hydrogens (tertiary/aromatic N) is 2. The van der Waals surface area contributed by atoms with Crippen molar-refractivity contribution in [3.05, 3.63) is 29.8 Å². The van der Waals surface area contributed by atoms with Gasteiger partial charge in [0.2, 0.25) is 0 Å². The monoisotopic (exact) mass is 415 g/mol. The molecule has 2 aliphatic rings. The van der Waals surface area contributed by atoms with Crippen molar-refractivity contribution in [2.75, 3.05) is 26.7 Å². The van der Waals surface area contributed by atoms with Crippen LogP contribution in [-0.4, -0.2) is 43.6 Å². The third kappa shape index (κ3) is 4.27. The van der Waals surface area contributed by atoms with E-state index in [1.54, 1.807) is 7.11 Å². The van der Waals surface area contributed by atoms with Crippen LogP contribution < -0.4 is 10.1 Å². The van der Waals surface area contributed by atoms with Crippen LogP contribution in [0.2, 0.25) is 0 Å². The Morgan fingerprint density at radius 2 is 2.00 bits per heavy atom. The molecule has 1 heterocycles. The highest BCUT2D eigenvalue weighted by atomic mass is 127. The first-order valence-corrected chi connectivity index (χ1v) is 8.00. The van der Waals surface area contributed by atoms with Crippen molar-refractivity contribution < 1.29 is 4.74 Å². The predicted molar refractivity (Wildman–Crippen MR) is 101 cm³/mol. The summed E-state index contributed by atoms with van der Waals surface area (Å²) < 4.78 is 5.23.